The van der Waals surface area contributed by atoms with Crippen molar-refractivity contribution in [3.05, 3.63) is 52.0 Å². The van der Waals surface area contributed by atoms with E-state index in [1.54, 1.807) is 12.1 Å². The monoisotopic (exact) mass is 365 g/mol. The van der Waals surface area contributed by atoms with Gasteiger partial charge in [0, 0.05) is 15.9 Å². The van der Waals surface area contributed by atoms with E-state index in [1.165, 1.54) is 0 Å². The number of fused-ring (bicyclic) bond motifs is 1. The van der Waals surface area contributed by atoms with Gasteiger partial charge in [-0.15, -0.1) is 12.6 Å². The van der Waals surface area contributed by atoms with Crippen molar-refractivity contribution >= 4 is 34.5 Å². The summed E-state index contributed by atoms with van der Waals surface area (Å²) in [5.41, 5.74) is 1.49. The van der Waals surface area contributed by atoms with Crippen LogP contribution >= 0.6 is 28.6 Å². The lowest BCUT2D eigenvalue weighted by atomic mass is 10.1. The molecule has 0 bridgehead atoms. The molecule has 2 aromatic carbocycles. The molecule has 1 heterocycles. The van der Waals surface area contributed by atoms with Gasteiger partial charge >= 0.3 is 0 Å². The molecule has 0 saturated carbocycles. The van der Waals surface area contributed by atoms with Gasteiger partial charge in [-0.05, 0) is 35.9 Å². The summed E-state index contributed by atoms with van der Waals surface area (Å²) in [7, 11) is 0. The molecular weight excluding hydrogens is 354 g/mol. The molecule has 0 unspecified atom stereocenters. The van der Waals surface area contributed by atoms with Crippen molar-refractivity contribution in [3.63, 3.8) is 0 Å². The third-order valence-electron chi connectivity index (χ3n) is 3.09. The Labute approximate surface area is 136 Å². The molecule has 0 fully saturated rings. The van der Waals surface area contributed by atoms with Crippen molar-refractivity contribution in [1.82, 2.24) is 5.32 Å². The first-order valence-corrected chi connectivity index (χ1v) is 7.53. The van der Waals surface area contributed by atoms with Crippen molar-refractivity contribution in [3.8, 4) is 11.5 Å². The first-order valence-electron chi connectivity index (χ1n) is 6.29. The number of carbonyl (C=O) groups excluding carboxylic acids is 1. The normalized spacial score (nSPS) is 12.3. The molecule has 3 rings (SSSR count). The molecule has 0 atom stereocenters. The molecule has 0 aromatic heterocycles. The summed E-state index contributed by atoms with van der Waals surface area (Å²) in [6.45, 7) is 0.659. The fourth-order valence-electron chi connectivity index (χ4n) is 2.03. The SMILES string of the molecule is O=C(NCc1ccc2c(c1)OCO2)c1ccc(Br)cc1S. The molecule has 1 amide bonds. The number of nitrogens with one attached hydrogen (secondary N) is 1. The van der Waals surface area contributed by atoms with Crippen LogP contribution in [-0.2, 0) is 6.54 Å². The zero-order valence-corrected chi connectivity index (χ0v) is 13.4. The second-order valence-corrected chi connectivity index (χ2v) is 5.93. The summed E-state index contributed by atoms with van der Waals surface area (Å²) in [5.74, 6) is 1.28. The standard InChI is InChI=1S/C15H12BrNO3S/c16-10-2-3-11(14(21)6-10)15(18)17-7-9-1-4-12-13(5-9)20-8-19-12/h1-6,21H,7-8H2,(H,17,18). The highest BCUT2D eigenvalue weighted by Gasteiger charge is 2.14. The van der Waals surface area contributed by atoms with Gasteiger partial charge in [0.25, 0.3) is 5.91 Å². The molecule has 0 saturated heterocycles. The first-order chi connectivity index (χ1) is 10.1. The molecule has 1 N–H and O–H groups in total. The lowest BCUT2D eigenvalue weighted by Crippen LogP contribution is -2.23. The van der Waals surface area contributed by atoms with Gasteiger partial charge in [0.05, 0.1) is 5.56 Å². The van der Waals surface area contributed by atoms with Crippen molar-refractivity contribution in [2.75, 3.05) is 6.79 Å². The van der Waals surface area contributed by atoms with Crippen LogP contribution in [0.1, 0.15) is 15.9 Å². The number of hydrogen-bond acceptors (Lipinski definition) is 4. The summed E-state index contributed by atoms with van der Waals surface area (Å²) in [6, 6.07) is 10.9. The lowest BCUT2D eigenvalue weighted by molar-refractivity contribution is 0.0948. The molecule has 1 aliphatic heterocycles. The number of amides is 1. The van der Waals surface area contributed by atoms with Gasteiger partial charge in [-0.1, -0.05) is 22.0 Å². The third kappa shape index (κ3) is 3.16. The largest absolute Gasteiger partial charge is 0.454 e. The fraction of sp³-hybridized carbons (Fsp3) is 0.133. The average Bonchev–Trinajstić information content (AvgIpc) is 2.92. The smallest absolute Gasteiger partial charge is 0.252 e. The molecule has 6 heteroatoms. The summed E-state index contributed by atoms with van der Waals surface area (Å²) >= 11 is 7.66. The Hall–Kier alpha value is -1.66. The number of benzene rings is 2. The van der Waals surface area contributed by atoms with Crippen LogP contribution < -0.4 is 14.8 Å². The summed E-state index contributed by atoms with van der Waals surface area (Å²) in [5, 5.41) is 2.87. The van der Waals surface area contributed by atoms with Crippen molar-refractivity contribution < 1.29 is 14.3 Å². The lowest BCUT2D eigenvalue weighted by Gasteiger charge is -2.08. The minimum Gasteiger partial charge on any atom is -0.454 e. The van der Waals surface area contributed by atoms with Crippen LogP contribution in [0.15, 0.2) is 45.8 Å². The molecule has 1 aliphatic rings. The van der Waals surface area contributed by atoms with Crippen LogP contribution in [0.5, 0.6) is 11.5 Å². The summed E-state index contributed by atoms with van der Waals surface area (Å²) < 4.78 is 11.5. The van der Waals surface area contributed by atoms with E-state index in [2.05, 4.69) is 33.9 Å². The Balaban J connectivity index is 1.68. The van der Waals surface area contributed by atoms with Gasteiger partial charge in [0.1, 0.15) is 0 Å². The maximum Gasteiger partial charge on any atom is 0.252 e. The zero-order valence-electron chi connectivity index (χ0n) is 10.9. The van der Waals surface area contributed by atoms with Crippen LogP contribution in [0.2, 0.25) is 0 Å². The Morgan fingerprint density at radius 3 is 2.81 bits per heavy atom. The number of halogens is 1. The predicted octanol–water partition coefficient (Wildman–Crippen LogP) is 3.40. The van der Waals surface area contributed by atoms with Gasteiger partial charge in [-0.25, -0.2) is 0 Å². The predicted molar refractivity (Wildman–Crippen MR) is 85.1 cm³/mol. The molecule has 0 aliphatic carbocycles. The minimum absolute atomic E-state index is 0.162. The number of carbonyl (C=O) groups is 1. The number of ether oxygens (including phenoxy) is 2. The summed E-state index contributed by atoms with van der Waals surface area (Å²) in [4.78, 5) is 12.8. The Morgan fingerprint density at radius 2 is 2.00 bits per heavy atom. The maximum atomic E-state index is 12.2. The molecule has 0 spiro atoms. The van der Waals surface area contributed by atoms with Gasteiger partial charge in [-0.2, -0.15) is 0 Å². The van der Waals surface area contributed by atoms with Crippen LogP contribution in [0.25, 0.3) is 0 Å². The zero-order chi connectivity index (χ0) is 14.8. The van der Waals surface area contributed by atoms with Gasteiger partial charge in [0.15, 0.2) is 11.5 Å². The van der Waals surface area contributed by atoms with Crippen molar-refractivity contribution in [1.29, 1.82) is 0 Å². The van der Waals surface area contributed by atoms with E-state index in [9.17, 15) is 4.79 Å². The van der Waals surface area contributed by atoms with Crippen LogP contribution in [-0.4, -0.2) is 12.7 Å². The van der Waals surface area contributed by atoms with E-state index in [-0.39, 0.29) is 12.7 Å². The second kappa shape index (κ2) is 5.99. The second-order valence-electron chi connectivity index (χ2n) is 4.53. The number of rotatable bonds is 3. The first kappa shape index (κ1) is 14.3. The molecule has 2 aromatic rings. The quantitative estimate of drug-likeness (QED) is 0.819. The highest BCUT2D eigenvalue weighted by molar-refractivity contribution is 9.10. The Morgan fingerprint density at radius 1 is 1.19 bits per heavy atom. The van der Waals surface area contributed by atoms with E-state index in [1.807, 2.05) is 24.3 Å². The molecule has 21 heavy (non-hydrogen) atoms. The van der Waals surface area contributed by atoms with Crippen LogP contribution in [0.3, 0.4) is 0 Å². The van der Waals surface area contributed by atoms with Gasteiger partial charge in [-0.3, -0.25) is 4.79 Å². The van der Waals surface area contributed by atoms with E-state index in [4.69, 9.17) is 9.47 Å². The highest BCUT2D eigenvalue weighted by Crippen LogP contribution is 2.32. The maximum absolute atomic E-state index is 12.2. The fourth-order valence-corrected chi connectivity index (χ4v) is 2.88. The van der Waals surface area contributed by atoms with E-state index < -0.39 is 0 Å². The molecule has 4 nitrogen and oxygen atoms in total. The van der Waals surface area contributed by atoms with Crippen molar-refractivity contribution in [2.24, 2.45) is 0 Å². The Kier molecular flexibility index (Phi) is 4.07. The molecule has 0 radical (unpaired) electrons. The van der Waals surface area contributed by atoms with E-state index >= 15 is 0 Å². The molecule has 108 valence electrons. The van der Waals surface area contributed by atoms with E-state index in [0.29, 0.717) is 22.8 Å². The van der Waals surface area contributed by atoms with Gasteiger partial charge < -0.3 is 14.8 Å². The van der Waals surface area contributed by atoms with E-state index in [0.717, 1.165) is 15.8 Å². The highest BCUT2D eigenvalue weighted by atomic mass is 79.9. The van der Waals surface area contributed by atoms with Crippen LogP contribution in [0.4, 0.5) is 0 Å². The number of hydrogen-bond donors (Lipinski definition) is 2. The summed E-state index contributed by atoms with van der Waals surface area (Å²) in [6.07, 6.45) is 0. The Bertz CT molecular complexity index is 705. The topological polar surface area (TPSA) is 47.6 Å². The van der Waals surface area contributed by atoms with Gasteiger partial charge in [0.2, 0.25) is 6.79 Å². The minimum atomic E-state index is -0.162. The van der Waals surface area contributed by atoms with Crippen molar-refractivity contribution in [2.45, 2.75) is 11.4 Å². The average molecular weight is 366 g/mol. The van der Waals surface area contributed by atoms with Crippen LogP contribution in [0, 0.1) is 0 Å². The third-order valence-corrected chi connectivity index (χ3v) is 3.96. The number of thiol groups is 1. The molecular formula is C15H12BrNO3S.